The van der Waals surface area contributed by atoms with Crippen LogP contribution in [0.15, 0.2) is 66.7 Å². The van der Waals surface area contributed by atoms with Crippen molar-refractivity contribution in [3.8, 4) is 5.75 Å². The molecule has 3 aliphatic heterocycles. The van der Waals surface area contributed by atoms with Gasteiger partial charge in [-0.15, -0.1) is 0 Å². The molecule has 2 bridgehead atoms. The van der Waals surface area contributed by atoms with Gasteiger partial charge in [0.15, 0.2) is 0 Å². The molecule has 8 nitrogen and oxygen atoms in total. The van der Waals surface area contributed by atoms with Crippen molar-refractivity contribution in [3.05, 3.63) is 83.4 Å². The number of rotatable bonds is 5. The van der Waals surface area contributed by atoms with Gasteiger partial charge >= 0.3 is 0 Å². The molecule has 3 aliphatic rings. The smallest absolute Gasteiger partial charge is 0.238 e. The molecule has 1 unspecified atom stereocenters. The average molecular weight is 599 g/mol. The lowest BCUT2D eigenvalue weighted by molar-refractivity contribution is -0.117. The number of ether oxygens (including phenoxy) is 3. The van der Waals surface area contributed by atoms with Crippen LogP contribution in [0.25, 0.3) is 0 Å². The normalized spacial score (nSPS) is 20.2. The highest BCUT2D eigenvalue weighted by atomic mass is 16.5. The van der Waals surface area contributed by atoms with E-state index >= 15 is 0 Å². The van der Waals surface area contributed by atoms with Gasteiger partial charge in [0.1, 0.15) is 12.4 Å². The SMILES string of the molecule is CC1CCCN(c2ccc(NC(=O)CN3CCOCCOc4ccc(N5CCOCC5)cc4Cc4cccc(c4)C3)cc2)C1. The van der Waals surface area contributed by atoms with Gasteiger partial charge in [0.05, 0.1) is 33.0 Å². The Balaban J connectivity index is 1.12. The fourth-order valence-corrected chi connectivity index (χ4v) is 6.48. The lowest BCUT2D eigenvalue weighted by atomic mass is 10.00. The third-order valence-corrected chi connectivity index (χ3v) is 8.79. The van der Waals surface area contributed by atoms with Gasteiger partial charge in [-0.3, -0.25) is 9.69 Å². The topological polar surface area (TPSA) is 66.5 Å². The molecule has 3 aromatic rings. The molecule has 1 amide bonds. The van der Waals surface area contributed by atoms with Crippen LogP contribution >= 0.6 is 0 Å². The molecule has 0 aliphatic carbocycles. The second-order valence-electron chi connectivity index (χ2n) is 12.3. The minimum Gasteiger partial charge on any atom is -0.491 e. The standard InChI is InChI=1S/C36H46N4O4/c1-28-4-3-13-40(25-28)33-9-7-32(8-10-33)37-36(41)27-38-14-17-43-20-21-44-35-12-11-34(39-15-18-42-19-16-39)24-31(35)23-29-5-2-6-30(22-29)26-38/h2,5-12,22,24,28H,3-4,13-21,23,25-27H2,1H3,(H,37,41). The number of hydrogen-bond acceptors (Lipinski definition) is 7. The predicted octanol–water partition coefficient (Wildman–Crippen LogP) is 5.20. The van der Waals surface area contributed by atoms with E-state index in [1.807, 2.05) is 12.1 Å². The summed E-state index contributed by atoms with van der Waals surface area (Å²) < 4.78 is 17.7. The first-order valence-corrected chi connectivity index (χ1v) is 16.2. The van der Waals surface area contributed by atoms with Crippen molar-refractivity contribution >= 4 is 23.0 Å². The molecule has 2 fully saturated rings. The zero-order chi connectivity index (χ0) is 30.1. The van der Waals surface area contributed by atoms with Crippen LogP contribution in [0.3, 0.4) is 0 Å². The summed E-state index contributed by atoms with van der Waals surface area (Å²) >= 11 is 0. The van der Waals surface area contributed by atoms with Gasteiger partial charge in [-0.05, 0) is 72.4 Å². The summed E-state index contributed by atoms with van der Waals surface area (Å²) in [6.07, 6.45) is 3.31. The van der Waals surface area contributed by atoms with Crippen LogP contribution in [-0.4, -0.2) is 83.1 Å². The summed E-state index contributed by atoms with van der Waals surface area (Å²) in [7, 11) is 0. The summed E-state index contributed by atoms with van der Waals surface area (Å²) in [5.41, 5.74) is 6.84. The van der Waals surface area contributed by atoms with Gasteiger partial charge in [-0.2, -0.15) is 0 Å². The van der Waals surface area contributed by atoms with Crippen molar-refractivity contribution in [1.29, 1.82) is 0 Å². The third-order valence-electron chi connectivity index (χ3n) is 8.79. The largest absolute Gasteiger partial charge is 0.491 e. The van der Waals surface area contributed by atoms with E-state index in [0.29, 0.717) is 39.5 Å². The molecule has 1 N–H and O–H groups in total. The number of carbonyl (C=O) groups is 1. The second-order valence-corrected chi connectivity index (χ2v) is 12.3. The van der Waals surface area contributed by atoms with Crippen molar-refractivity contribution < 1.29 is 19.0 Å². The fourth-order valence-electron chi connectivity index (χ4n) is 6.48. The highest BCUT2D eigenvalue weighted by Crippen LogP contribution is 2.29. The zero-order valence-corrected chi connectivity index (χ0v) is 26.0. The molecule has 0 saturated carbocycles. The molecule has 1 atom stereocenters. The van der Waals surface area contributed by atoms with Gasteiger partial charge in [0.25, 0.3) is 0 Å². The molecule has 6 rings (SSSR count). The summed E-state index contributed by atoms with van der Waals surface area (Å²) in [6, 6.07) is 23.5. The molecule has 0 spiro atoms. The Morgan fingerprint density at radius 1 is 0.818 bits per heavy atom. The molecule has 3 aromatic carbocycles. The highest BCUT2D eigenvalue weighted by Gasteiger charge is 2.18. The van der Waals surface area contributed by atoms with E-state index in [2.05, 4.69) is 81.5 Å². The minimum atomic E-state index is -0.0190. The molecule has 44 heavy (non-hydrogen) atoms. The Morgan fingerprint density at radius 2 is 1.59 bits per heavy atom. The maximum absolute atomic E-state index is 13.2. The molecule has 3 heterocycles. The molecular weight excluding hydrogens is 552 g/mol. The second kappa shape index (κ2) is 14.9. The summed E-state index contributed by atoms with van der Waals surface area (Å²) in [6.45, 7) is 11.0. The molecular formula is C36H46N4O4. The van der Waals surface area contributed by atoms with Crippen LogP contribution in [0.1, 0.15) is 36.5 Å². The van der Waals surface area contributed by atoms with Crippen molar-refractivity contribution in [1.82, 2.24) is 4.90 Å². The van der Waals surface area contributed by atoms with Crippen LogP contribution in [0.4, 0.5) is 17.1 Å². The number of piperidine rings is 1. The molecule has 2 saturated heterocycles. The quantitative estimate of drug-likeness (QED) is 0.433. The number of morpholine rings is 1. The third kappa shape index (κ3) is 8.31. The van der Waals surface area contributed by atoms with E-state index in [0.717, 1.165) is 63.2 Å². The van der Waals surface area contributed by atoms with E-state index in [-0.39, 0.29) is 5.91 Å². The van der Waals surface area contributed by atoms with E-state index in [1.54, 1.807) is 0 Å². The van der Waals surface area contributed by atoms with Crippen LogP contribution in [-0.2, 0) is 27.2 Å². The summed E-state index contributed by atoms with van der Waals surface area (Å²) in [5, 5.41) is 3.11. The van der Waals surface area contributed by atoms with E-state index < -0.39 is 0 Å². The van der Waals surface area contributed by atoms with Crippen molar-refractivity contribution in [3.63, 3.8) is 0 Å². The number of benzene rings is 3. The minimum absolute atomic E-state index is 0.0190. The number of nitrogens with zero attached hydrogens (tertiary/aromatic N) is 3. The van der Waals surface area contributed by atoms with Gasteiger partial charge in [-0.1, -0.05) is 31.2 Å². The van der Waals surface area contributed by atoms with Crippen LogP contribution in [0, 0.1) is 5.92 Å². The fraction of sp³-hybridized carbons (Fsp3) is 0.472. The number of anilines is 3. The molecule has 0 aromatic heterocycles. The predicted molar refractivity (Wildman–Crippen MR) is 176 cm³/mol. The molecule has 8 heteroatoms. The summed E-state index contributed by atoms with van der Waals surface area (Å²) in [4.78, 5) is 20.2. The zero-order valence-electron chi connectivity index (χ0n) is 26.0. The van der Waals surface area contributed by atoms with Gasteiger partial charge < -0.3 is 29.3 Å². The van der Waals surface area contributed by atoms with Crippen LogP contribution in [0.2, 0.25) is 0 Å². The first kappa shape index (κ1) is 30.4. The Hall–Kier alpha value is -3.59. The number of nitrogens with one attached hydrogen (secondary N) is 1. The number of amides is 1. The lowest BCUT2D eigenvalue weighted by Gasteiger charge is -2.32. The van der Waals surface area contributed by atoms with Gasteiger partial charge in [0.2, 0.25) is 5.91 Å². The molecule has 0 radical (unpaired) electrons. The Bertz CT molecular complexity index is 1370. The monoisotopic (exact) mass is 598 g/mol. The number of fused-ring (bicyclic) bond motifs is 3. The van der Waals surface area contributed by atoms with Gasteiger partial charge in [0, 0.05) is 68.3 Å². The Labute approximate surface area is 261 Å². The lowest BCUT2D eigenvalue weighted by Crippen LogP contribution is -2.36. The van der Waals surface area contributed by atoms with Crippen molar-refractivity contribution in [2.45, 2.75) is 32.7 Å². The summed E-state index contributed by atoms with van der Waals surface area (Å²) in [5.74, 6) is 1.61. The average Bonchev–Trinajstić information content (AvgIpc) is 3.04. The van der Waals surface area contributed by atoms with Crippen LogP contribution in [0.5, 0.6) is 5.75 Å². The number of carbonyl (C=O) groups excluding carboxylic acids is 1. The Morgan fingerprint density at radius 3 is 2.43 bits per heavy atom. The maximum atomic E-state index is 13.2. The molecule has 234 valence electrons. The highest BCUT2D eigenvalue weighted by molar-refractivity contribution is 5.92. The van der Waals surface area contributed by atoms with Crippen molar-refractivity contribution in [2.24, 2.45) is 5.92 Å². The first-order chi connectivity index (χ1) is 21.6. The Kier molecular flexibility index (Phi) is 10.3. The van der Waals surface area contributed by atoms with Gasteiger partial charge in [-0.25, -0.2) is 0 Å². The first-order valence-electron chi connectivity index (χ1n) is 16.2. The van der Waals surface area contributed by atoms with Crippen LogP contribution < -0.4 is 19.9 Å². The van der Waals surface area contributed by atoms with Crippen molar-refractivity contribution in [2.75, 3.05) is 87.4 Å². The number of hydrogen-bond donors (Lipinski definition) is 1. The van der Waals surface area contributed by atoms with E-state index in [9.17, 15) is 4.79 Å². The van der Waals surface area contributed by atoms with E-state index in [1.165, 1.54) is 40.9 Å². The van der Waals surface area contributed by atoms with E-state index in [4.69, 9.17) is 14.2 Å². The maximum Gasteiger partial charge on any atom is 0.238 e.